The maximum Gasteiger partial charge on any atom is 0.339 e. The molecule has 1 aliphatic heterocycles. The minimum atomic E-state index is -1.17. The molecule has 0 spiro atoms. The van der Waals surface area contributed by atoms with Crippen molar-refractivity contribution in [3.63, 3.8) is 0 Å². The van der Waals surface area contributed by atoms with Crippen LogP contribution < -0.4 is 15.8 Å². The summed E-state index contributed by atoms with van der Waals surface area (Å²) in [6.45, 7) is 1.29. The van der Waals surface area contributed by atoms with Crippen molar-refractivity contribution in [2.24, 2.45) is 0 Å². The Balaban J connectivity index is 1.55. The van der Waals surface area contributed by atoms with Crippen LogP contribution >= 0.6 is 0 Å². The van der Waals surface area contributed by atoms with Crippen LogP contribution in [-0.2, 0) is 19.1 Å². The van der Waals surface area contributed by atoms with Gasteiger partial charge in [0.1, 0.15) is 11.3 Å². The minimum absolute atomic E-state index is 0.163. The summed E-state index contributed by atoms with van der Waals surface area (Å²) in [5.74, 6) is -1.90. The molecule has 32 heavy (non-hydrogen) atoms. The summed E-state index contributed by atoms with van der Waals surface area (Å²) in [6, 6.07) is 14.9. The number of carbonyl (C=O) groups is 3. The number of amides is 2. The molecule has 0 fully saturated rings. The summed E-state index contributed by atoms with van der Waals surface area (Å²) in [5.41, 5.74) is 3.41. The molecule has 1 N–H and O–H groups in total. The van der Waals surface area contributed by atoms with Crippen molar-refractivity contribution >= 4 is 28.8 Å². The average molecular weight is 434 g/mol. The molecule has 1 aromatic heterocycles. The van der Waals surface area contributed by atoms with Gasteiger partial charge in [0.05, 0.1) is 11.5 Å². The van der Waals surface area contributed by atoms with Crippen molar-refractivity contribution < 1.29 is 28.3 Å². The number of hydrogen-bond donors (Lipinski definition) is 1. The summed E-state index contributed by atoms with van der Waals surface area (Å²) in [7, 11) is 0. The van der Waals surface area contributed by atoms with E-state index in [4.69, 9.17) is 13.9 Å². The molecule has 9 nitrogen and oxygen atoms in total. The number of aryl methyl sites for hydroxylation is 1. The first kappa shape index (κ1) is 20.9. The maximum absolute atomic E-state index is 12.6. The van der Waals surface area contributed by atoms with Gasteiger partial charge in [-0.3, -0.25) is 15.0 Å². The Labute approximate surface area is 181 Å². The van der Waals surface area contributed by atoms with Crippen molar-refractivity contribution in [2.45, 2.75) is 13.2 Å². The zero-order chi connectivity index (χ0) is 22.7. The molecule has 0 radical (unpaired) electrons. The Hall–Kier alpha value is -4.40. The molecule has 2 heterocycles. The number of para-hydroxylation sites is 1. The zero-order valence-corrected chi connectivity index (χ0v) is 16.9. The van der Waals surface area contributed by atoms with E-state index in [1.54, 1.807) is 55.5 Å². The Bertz CT molecular complexity index is 1290. The number of esters is 1. The van der Waals surface area contributed by atoms with Crippen molar-refractivity contribution in [1.82, 2.24) is 10.4 Å². The lowest BCUT2D eigenvalue weighted by Gasteiger charge is -2.30. The van der Waals surface area contributed by atoms with E-state index in [0.717, 1.165) is 28.8 Å². The highest BCUT2D eigenvalue weighted by molar-refractivity contribution is 5.97. The van der Waals surface area contributed by atoms with E-state index in [9.17, 15) is 19.2 Å². The van der Waals surface area contributed by atoms with Gasteiger partial charge in [0.15, 0.2) is 6.61 Å². The lowest BCUT2D eigenvalue weighted by Crippen LogP contribution is -2.49. The molecule has 0 saturated carbocycles. The molecular weight excluding hydrogens is 416 g/mol. The van der Waals surface area contributed by atoms with Crippen molar-refractivity contribution in [1.29, 1.82) is 0 Å². The van der Waals surface area contributed by atoms with Crippen LogP contribution in [0.25, 0.3) is 11.0 Å². The predicted molar refractivity (Wildman–Crippen MR) is 112 cm³/mol. The van der Waals surface area contributed by atoms with Crippen LogP contribution in [0.3, 0.4) is 0 Å². The van der Waals surface area contributed by atoms with E-state index in [1.165, 1.54) is 0 Å². The molecule has 162 valence electrons. The molecule has 0 aliphatic carbocycles. The second-order valence-electron chi connectivity index (χ2n) is 6.94. The predicted octanol–water partition coefficient (Wildman–Crippen LogP) is 2.15. The molecule has 2 aromatic carbocycles. The Morgan fingerprint density at radius 3 is 2.62 bits per heavy atom. The molecule has 0 saturated heterocycles. The van der Waals surface area contributed by atoms with Crippen molar-refractivity contribution in [3.05, 3.63) is 88.3 Å². The third kappa shape index (κ3) is 4.36. The number of nitrogens with zero attached hydrogens (tertiary/aromatic N) is 1. The summed E-state index contributed by atoms with van der Waals surface area (Å²) in [4.78, 5) is 48.9. The van der Waals surface area contributed by atoms with Gasteiger partial charge in [0.25, 0.3) is 11.8 Å². The van der Waals surface area contributed by atoms with Crippen molar-refractivity contribution in [3.8, 4) is 5.75 Å². The lowest BCUT2D eigenvalue weighted by molar-refractivity contribution is -0.166. The molecule has 9 heteroatoms. The molecule has 2 amide bonds. The van der Waals surface area contributed by atoms with Crippen LogP contribution in [0.15, 0.2) is 76.0 Å². The molecule has 0 bridgehead atoms. The van der Waals surface area contributed by atoms with Gasteiger partial charge < -0.3 is 13.9 Å². The SMILES string of the molecule is Cc1ccccc1C1OC(=O)C=CC(=O)N1NC(=O)COc1cc(=O)oc2ccccc12. The highest BCUT2D eigenvalue weighted by Crippen LogP contribution is 2.26. The number of ether oxygens (including phenoxy) is 2. The number of hydrazine groups is 1. The van der Waals surface area contributed by atoms with E-state index in [0.29, 0.717) is 16.5 Å². The summed E-state index contributed by atoms with van der Waals surface area (Å²) in [6.07, 6.45) is 0.836. The number of hydrogen-bond acceptors (Lipinski definition) is 7. The Kier molecular flexibility index (Phi) is 5.71. The normalized spacial score (nSPS) is 15.9. The highest BCUT2D eigenvalue weighted by atomic mass is 16.6. The first-order valence-electron chi connectivity index (χ1n) is 9.65. The standard InChI is InChI=1S/C23H18N2O7/c1-14-6-2-3-7-15(14)23-25(20(27)10-11-21(28)32-23)24-19(26)13-30-18-12-22(29)31-17-9-5-4-8-16(17)18/h2-12,23H,13H2,1H3,(H,24,26). The minimum Gasteiger partial charge on any atom is -0.483 e. The number of rotatable bonds is 5. The molecule has 1 unspecified atom stereocenters. The maximum atomic E-state index is 12.6. The zero-order valence-electron chi connectivity index (χ0n) is 16.9. The van der Waals surface area contributed by atoms with Gasteiger partial charge in [-0.2, -0.15) is 0 Å². The third-order valence-corrected chi connectivity index (χ3v) is 4.73. The van der Waals surface area contributed by atoms with Crippen molar-refractivity contribution in [2.75, 3.05) is 6.61 Å². The fraction of sp³-hybridized carbons (Fsp3) is 0.130. The second kappa shape index (κ2) is 8.76. The number of nitrogens with one attached hydrogen (secondary N) is 1. The van der Waals surface area contributed by atoms with Crippen LogP contribution in [0.2, 0.25) is 0 Å². The van der Waals surface area contributed by atoms with Crippen LogP contribution in [0.4, 0.5) is 0 Å². The van der Waals surface area contributed by atoms with E-state index in [2.05, 4.69) is 5.43 Å². The fourth-order valence-corrected chi connectivity index (χ4v) is 3.23. The third-order valence-electron chi connectivity index (χ3n) is 4.73. The van der Waals surface area contributed by atoms with E-state index < -0.39 is 36.2 Å². The van der Waals surface area contributed by atoms with Crippen LogP contribution in [-0.4, -0.2) is 29.4 Å². The Morgan fingerprint density at radius 2 is 1.81 bits per heavy atom. The summed E-state index contributed by atoms with van der Waals surface area (Å²) < 4.78 is 16.0. The van der Waals surface area contributed by atoms with Crippen LogP contribution in [0.5, 0.6) is 5.75 Å². The lowest BCUT2D eigenvalue weighted by atomic mass is 10.1. The van der Waals surface area contributed by atoms with E-state index in [-0.39, 0.29) is 5.75 Å². The van der Waals surface area contributed by atoms with Gasteiger partial charge >= 0.3 is 11.6 Å². The van der Waals surface area contributed by atoms with Gasteiger partial charge in [0, 0.05) is 17.7 Å². The number of cyclic esters (lactones) is 1. The monoisotopic (exact) mass is 434 g/mol. The van der Waals surface area contributed by atoms with Gasteiger partial charge in [-0.1, -0.05) is 36.4 Å². The number of carbonyl (C=O) groups excluding carboxylic acids is 3. The van der Waals surface area contributed by atoms with Gasteiger partial charge in [0.2, 0.25) is 6.23 Å². The molecular formula is C23H18N2O7. The number of benzene rings is 2. The first-order chi connectivity index (χ1) is 15.4. The van der Waals surface area contributed by atoms with E-state index in [1.807, 2.05) is 0 Å². The van der Waals surface area contributed by atoms with Gasteiger partial charge in [-0.25, -0.2) is 14.6 Å². The molecule has 1 atom stereocenters. The number of fused-ring (bicyclic) bond motifs is 1. The summed E-state index contributed by atoms with van der Waals surface area (Å²) in [5, 5.41) is 1.44. The smallest absolute Gasteiger partial charge is 0.339 e. The van der Waals surface area contributed by atoms with Gasteiger partial charge in [-0.05, 0) is 24.6 Å². The van der Waals surface area contributed by atoms with E-state index >= 15 is 0 Å². The Morgan fingerprint density at radius 1 is 1.06 bits per heavy atom. The molecule has 4 rings (SSSR count). The largest absolute Gasteiger partial charge is 0.483 e. The molecule has 3 aromatic rings. The quantitative estimate of drug-likeness (QED) is 0.483. The second-order valence-corrected chi connectivity index (χ2v) is 6.94. The average Bonchev–Trinajstić information content (AvgIpc) is 2.91. The fourth-order valence-electron chi connectivity index (χ4n) is 3.23. The first-order valence-corrected chi connectivity index (χ1v) is 9.65. The van der Waals surface area contributed by atoms with Crippen LogP contribution in [0, 0.1) is 6.92 Å². The topological polar surface area (TPSA) is 115 Å². The summed E-state index contributed by atoms with van der Waals surface area (Å²) >= 11 is 0. The highest BCUT2D eigenvalue weighted by Gasteiger charge is 2.32. The van der Waals surface area contributed by atoms with Crippen LogP contribution in [0.1, 0.15) is 17.4 Å². The molecule has 1 aliphatic rings. The van der Waals surface area contributed by atoms with Gasteiger partial charge in [-0.15, -0.1) is 0 Å².